The van der Waals surface area contributed by atoms with Crippen molar-refractivity contribution < 1.29 is 9.53 Å². The largest absolute Gasteiger partial charge is 0.497 e. The second-order valence-electron chi connectivity index (χ2n) is 5.80. The van der Waals surface area contributed by atoms with Gasteiger partial charge in [-0.2, -0.15) is 0 Å². The smallest absolute Gasteiger partial charge is 0.253 e. The molecule has 20 heavy (non-hydrogen) atoms. The number of carbonyl (C=O) groups excluding carboxylic acids is 1. The number of carbonyl (C=O) groups is 1. The number of ether oxygens (including phenoxy) is 1. The van der Waals surface area contributed by atoms with E-state index in [-0.39, 0.29) is 11.9 Å². The van der Waals surface area contributed by atoms with Crippen LogP contribution in [0, 0.1) is 11.8 Å². The van der Waals surface area contributed by atoms with Crippen LogP contribution < -0.4 is 15.8 Å². The van der Waals surface area contributed by atoms with E-state index in [2.05, 4.69) is 19.2 Å². The van der Waals surface area contributed by atoms with Gasteiger partial charge in [-0.15, -0.1) is 0 Å². The first kappa shape index (κ1) is 14.7. The van der Waals surface area contributed by atoms with Crippen LogP contribution in [0.5, 0.6) is 5.75 Å². The molecule has 0 radical (unpaired) electrons. The fraction of sp³-hybridized carbons (Fsp3) is 0.562. The molecule has 3 atom stereocenters. The Morgan fingerprint density at radius 2 is 2.10 bits per heavy atom. The van der Waals surface area contributed by atoms with Crippen molar-refractivity contribution in [2.45, 2.75) is 39.2 Å². The van der Waals surface area contributed by atoms with Crippen LogP contribution in [0.4, 0.5) is 5.69 Å². The molecule has 110 valence electrons. The topological polar surface area (TPSA) is 64.3 Å². The predicted molar refractivity (Wildman–Crippen MR) is 80.8 cm³/mol. The minimum atomic E-state index is -0.104. The Bertz CT molecular complexity index is 487. The highest BCUT2D eigenvalue weighted by atomic mass is 16.5. The molecular weight excluding hydrogens is 252 g/mol. The van der Waals surface area contributed by atoms with Gasteiger partial charge in [0, 0.05) is 11.7 Å². The summed E-state index contributed by atoms with van der Waals surface area (Å²) in [7, 11) is 1.58. The second-order valence-corrected chi connectivity index (χ2v) is 5.80. The van der Waals surface area contributed by atoms with E-state index in [1.807, 2.05) is 0 Å². The van der Waals surface area contributed by atoms with Crippen LogP contribution in [0.25, 0.3) is 0 Å². The minimum absolute atomic E-state index is 0.104. The lowest BCUT2D eigenvalue weighted by atomic mass is 9.78. The number of nitrogens with one attached hydrogen (secondary N) is 1. The van der Waals surface area contributed by atoms with E-state index in [4.69, 9.17) is 10.5 Å². The van der Waals surface area contributed by atoms with E-state index in [9.17, 15) is 4.79 Å². The molecule has 0 saturated heterocycles. The van der Waals surface area contributed by atoms with Crippen molar-refractivity contribution in [1.29, 1.82) is 0 Å². The molecule has 0 bridgehead atoms. The molecule has 2 rings (SSSR count). The monoisotopic (exact) mass is 276 g/mol. The van der Waals surface area contributed by atoms with Crippen LogP contribution in [0.15, 0.2) is 18.2 Å². The summed E-state index contributed by atoms with van der Waals surface area (Å²) in [5.74, 6) is 1.69. The molecule has 1 aromatic rings. The van der Waals surface area contributed by atoms with Crippen molar-refractivity contribution >= 4 is 11.6 Å². The fourth-order valence-corrected chi connectivity index (χ4v) is 2.89. The lowest BCUT2D eigenvalue weighted by Crippen LogP contribution is -2.43. The first-order valence-corrected chi connectivity index (χ1v) is 7.27. The quantitative estimate of drug-likeness (QED) is 0.834. The lowest BCUT2D eigenvalue weighted by Gasteiger charge is -2.34. The molecule has 0 aliphatic heterocycles. The molecule has 0 aromatic heterocycles. The molecule has 1 aliphatic carbocycles. The molecule has 0 heterocycles. The van der Waals surface area contributed by atoms with Crippen LogP contribution in [-0.4, -0.2) is 19.1 Å². The Hall–Kier alpha value is -1.71. The molecule has 3 unspecified atom stereocenters. The number of nitrogens with two attached hydrogens (primary N) is 1. The van der Waals surface area contributed by atoms with Crippen molar-refractivity contribution in [1.82, 2.24) is 5.32 Å². The molecule has 1 amide bonds. The van der Waals surface area contributed by atoms with E-state index in [1.165, 1.54) is 12.8 Å². The van der Waals surface area contributed by atoms with Gasteiger partial charge in [0.2, 0.25) is 0 Å². The summed E-state index contributed by atoms with van der Waals surface area (Å²) in [6, 6.07) is 5.40. The highest BCUT2D eigenvalue weighted by molar-refractivity contribution is 5.99. The normalized spacial score (nSPS) is 26.1. The van der Waals surface area contributed by atoms with Crippen LogP contribution in [0.1, 0.15) is 43.5 Å². The van der Waals surface area contributed by atoms with Crippen LogP contribution >= 0.6 is 0 Å². The van der Waals surface area contributed by atoms with Crippen LogP contribution in [0.2, 0.25) is 0 Å². The molecule has 1 fully saturated rings. The fourth-order valence-electron chi connectivity index (χ4n) is 2.89. The number of benzene rings is 1. The summed E-state index contributed by atoms with van der Waals surface area (Å²) in [5.41, 5.74) is 6.88. The molecule has 1 saturated carbocycles. The number of hydrogen-bond donors (Lipinski definition) is 2. The highest BCUT2D eigenvalue weighted by Gasteiger charge is 2.28. The van der Waals surface area contributed by atoms with Gasteiger partial charge in [-0.1, -0.05) is 26.7 Å². The zero-order valence-corrected chi connectivity index (χ0v) is 12.5. The van der Waals surface area contributed by atoms with Gasteiger partial charge >= 0.3 is 0 Å². The summed E-state index contributed by atoms with van der Waals surface area (Å²) in [4.78, 5) is 12.4. The van der Waals surface area contributed by atoms with Crippen molar-refractivity contribution in [2.75, 3.05) is 12.8 Å². The summed E-state index contributed by atoms with van der Waals surface area (Å²) < 4.78 is 5.15. The Morgan fingerprint density at radius 1 is 1.35 bits per heavy atom. The number of nitrogen functional groups attached to an aromatic ring is 1. The van der Waals surface area contributed by atoms with Gasteiger partial charge in [0.05, 0.1) is 12.7 Å². The van der Waals surface area contributed by atoms with E-state index in [0.29, 0.717) is 28.8 Å². The van der Waals surface area contributed by atoms with Crippen molar-refractivity contribution in [3.8, 4) is 5.75 Å². The van der Waals surface area contributed by atoms with Gasteiger partial charge in [-0.3, -0.25) is 4.79 Å². The van der Waals surface area contributed by atoms with Gasteiger partial charge in [-0.25, -0.2) is 0 Å². The van der Waals surface area contributed by atoms with Crippen molar-refractivity contribution in [2.24, 2.45) is 11.8 Å². The molecular formula is C16H24N2O2. The van der Waals surface area contributed by atoms with E-state index < -0.39 is 0 Å². The van der Waals surface area contributed by atoms with Gasteiger partial charge in [0.1, 0.15) is 5.75 Å². The average Bonchev–Trinajstić information content (AvgIpc) is 2.44. The maximum Gasteiger partial charge on any atom is 0.253 e. The molecule has 4 heteroatoms. The first-order valence-electron chi connectivity index (χ1n) is 7.27. The number of rotatable bonds is 3. The number of hydrogen-bond acceptors (Lipinski definition) is 3. The van der Waals surface area contributed by atoms with Gasteiger partial charge in [-0.05, 0) is 36.5 Å². The number of amides is 1. The van der Waals surface area contributed by atoms with Gasteiger partial charge < -0.3 is 15.8 Å². The van der Waals surface area contributed by atoms with E-state index >= 15 is 0 Å². The Balaban J connectivity index is 2.11. The van der Waals surface area contributed by atoms with Crippen molar-refractivity contribution in [3.63, 3.8) is 0 Å². The minimum Gasteiger partial charge on any atom is -0.497 e. The molecule has 1 aromatic carbocycles. The van der Waals surface area contributed by atoms with Crippen molar-refractivity contribution in [3.05, 3.63) is 23.8 Å². The number of anilines is 1. The predicted octanol–water partition coefficient (Wildman–Crippen LogP) is 2.83. The van der Waals surface area contributed by atoms with Gasteiger partial charge in [0.15, 0.2) is 0 Å². The summed E-state index contributed by atoms with van der Waals surface area (Å²) in [5, 5.41) is 3.13. The SMILES string of the molecule is COc1ccc(N)c(C(=O)NC2CCCC(C)C2C)c1. The van der Waals surface area contributed by atoms with E-state index in [1.54, 1.807) is 25.3 Å². The standard InChI is InChI=1S/C16H24N2O2/c1-10-5-4-6-15(11(10)2)18-16(19)13-9-12(20-3)7-8-14(13)17/h7-11,15H,4-6,17H2,1-3H3,(H,18,19). The lowest BCUT2D eigenvalue weighted by molar-refractivity contribution is 0.0891. The highest BCUT2D eigenvalue weighted by Crippen LogP contribution is 2.30. The van der Waals surface area contributed by atoms with Gasteiger partial charge in [0.25, 0.3) is 5.91 Å². The van der Waals surface area contributed by atoms with Crippen LogP contribution in [0.3, 0.4) is 0 Å². The third kappa shape index (κ3) is 3.06. The maximum atomic E-state index is 12.4. The molecule has 1 aliphatic rings. The molecule has 4 nitrogen and oxygen atoms in total. The second kappa shape index (κ2) is 6.16. The Morgan fingerprint density at radius 3 is 2.80 bits per heavy atom. The number of methoxy groups -OCH3 is 1. The Kier molecular flexibility index (Phi) is 4.53. The maximum absolute atomic E-state index is 12.4. The molecule has 0 spiro atoms. The third-order valence-electron chi connectivity index (χ3n) is 4.53. The average molecular weight is 276 g/mol. The molecule has 3 N–H and O–H groups in total. The summed E-state index contributed by atoms with van der Waals surface area (Å²) in [6.07, 6.45) is 3.46. The zero-order valence-electron chi connectivity index (χ0n) is 12.5. The third-order valence-corrected chi connectivity index (χ3v) is 4.53. The zero-order chi connectivity index (χ0) is 14.7. The first-order chi connectivity index (χ1) is 9.52. The van der Waals surface area contributed by atoms with E-state index in [0.717, 1.165) is 6.42 Å². The van der Waals surface area contributed by atoms with Crippen LogP contribution in [-0.2, 0) is 0 Å². The summed E-state index contributed by atoms with van der Waals surface area (Å²) in [6.45, 7) is 4.46. The summed E-state index contributed by atoms with van der Waals surface area (Å²) >= 11 is 0. The Labute approximate surface area is 120 Å².